The molecule has 228 valence electrons. The molecule has 43 heavy (non-hydrogen) atoms. The third-order valence-electron chi connectivity index (χ3n) is 8.73. The number of hydrazine groups is 1. The average Bonchev–Trinajstić information content (AvgIpc) is 3.13. The third-order valence-corrected chi connectivity index (χ3v) is 10.0. The minimum absolute atomic E-state index is 0.0950. The number of methoxy groups -OCH3 is 1. The molecule has 3 aliphatic rings. The molecule has 0 unspecified atom stereocenters. The molecule has 3 aromatic rings. The molecule has 0 spiro atoms. The van der Waals surface area contributed by atoms with Crippen LogP contribution in [0.5, 0.6) is 0 Å². The average molecular weight is 607 g/mol. The Balaban J connectivity index is 1.57. The predicted octanol–water partition coefficient (Wildman–Crippen LogP) is 7.87. The minimum Gasteiger partial charge on any atom is -0.383 e. The van der Waals surface area contributed by atoms with Crippen LogP contribution < -0.4 is 10.2 Å². The number of nitrogens with one attached hydrogen (secondary N) is 1. The van der Waals surface area contributed by atoms with Crippen LogP contribution >= 0.6 is 11.3 Å². The Morgan fingerprint density at radius 1 is 0.930 bits per heavy atom. The maximum absolute atomic E-state index is 15.1. The van der Waals surface area contributed by atoms with Gasteiger partial charge in [0.05, 0.1) is 18.8 Å². The summed E-state index contributed by atoms with van der Waals surface area (Å²) in [5.74, 6) is -1.29. The van der Waals surface area contributed by atoms with E-state index in [0.29, 0.717) is 19.7 Å². The lowest BCUT2D eigenvalue weighted by atomic mass is 9.86. The summed E-state index contributed by atoms with van der Waals surface area (Å²) in [5, 5.41) is 8.38. The second-order valence-electron chi connectivity index (χ2n) is 11.7. The van der Waals surface area contributed by atoms with Gasteiger partial charge in [-0.15, -0.1) is 11.3 Å². The van der Waals surface area contributed by atoms with E-state index in [2.05, 4.69) is 41.5 Å². The van der Waals surface area contributed by atoms with Gasteiger partial charge in [-0.25, -0.2) is 23.6 Å². The van der Waals surface area contributed by atoms with Crippen LogP contribution in [0.15, 0.2) is 48.0 Å². The van der Waals surface area contributed by atoms with Crippen LogP contribution in [0.3, 0.4) is 0 Å². The molecule has 6 rings (SSSR count). The van der Waals surface area contributed by atoms with Crippen LogP contribution in [0.25, 0.3) is 16.1 Å². The Bertz CT molecular complexity index is 1470. The molecule has 9 heteroatoms. The van der Waals surface area contributed by atoms with Crippen LogP contribution in [-0.4, -0.2) is 49.4 Å². The lowest BCUT2D eigenvalue weighted by Gasteiger charge is -2.45. The van der Waals surface area contributed by atoms with Crippen molar-refractivity contribution in [3.8, 4) is 10.4 Å². The molecule has 6 nitrogen and oxygen atoms in total. The first-order valence-corrected chi connectivity index (χ1v) is 16.2. The van der Waals surface area contributed by atoms with Gasteiger partial charge in [0, 0.05) is 49.3 Å². The van der Waals surface area contributed by atoms with Crippen molar-refractivity contribution in [3.05, 3.63) is 81.9 Å². The van der Waals surface area contributed by atoms with E-state index in [9.17, 15) is 4.79 Å². The molecular formula is C34H40F2N4O2S. The molecule has 1 aliphatic carbocycles. The first-order valence-electron chi connectivity index (χ1n) is 15.4. The number of halogens is 2. The van der Waals surface area contributed by atoms with Crippen LogP contribution in [0.2, 0.25) is 0 Å². The fourth-order valence-electron chi connectivity index (χ4n) is 6.20. The molecule has 2 fully saturated rings. The van der Waals surface area contributed by atoms with E-state index in [1.54, 1.807) is 23.3 Å². The SMILES string of the molecule is COCCNCc1c(-c2ccc(C)cc2)sc2c1C(=C1CCC1)N(N1CCCCCC1)C(=O)N2Cc1c(F)cccc1F. The Morgan fingerprint density at radius 2 is 1.63 bits per heavy atom. The summed E-state index contributed by atoms with van der Waals surface area (Å²) >= 11 is 1.55. The summed E-state index contributed by atoms with van der Waals surface area (Å²) in [6.45, 7) is 5.28. The highest BCUT2D eigenvalue weighted by molar-refractivity contribution is 7.20. The number of amides is 2. The topological polar surface area (TPSA) is 48.1 Å². The van der Waals surface area contributed by atoms with Crippen molar-refractivity contribution >= 4 is 28.1 Å². The van der Waals surface area contributed by atoms with Crippen LogP contribution in [0, 0.1) is 18.6 Å². The van der Waals surface area contributed by atoms with Gasteiger partial charge in [-0.1, -0.05) is 48.7 Å². The number of hydrogen-bond acceptors (Lipinski definition) is 5. The zero-order valence-corrected chi connectivity index (χ0v) is 25.9. The number of anilines is 1. The molecule has 2 amide bonds. The standard InChI is InChI=1S/C34H40F2N4O2S/c1-23-13-15-25(16-14-23)32-26(21-37-17-20-42-2)30-31(24-9-7-10-24)40(38-18-5-3-4-6-19-38)34(41)39(33(30)43-32)22-27-28(35)11-8-12-29(27)36/h8,11-16,37H,3-7,9-10,17-22H2,1-2H3. The predicted molar refractivity (Wildman–Crippen MR) is 169 cm³/mol. The van der Waals surface area contributed by atoms with Crippen LogP contribution in [0.1, 0.15) is 67.2 Å². The molecule has 1 saturated carbocycles. The van der Waals surface area contributed by atoms with Crippen molar-refractivity contribution in [2.45, 2.75) is 65.0 Å². The minimum atomic E-state index is -0.643. The monoisotopic (exact) mass is 606 g/mol. The van der Waals surface area contributed by atoms with Gasteiger partial charge in [0.1, 0.15) is 16.6 Å². The quantitative estimate of drug-likeness (QED) is 0.252. The van der Waals surface area contributed by atoms with Gasteiger partial charge < -0.3 is 10.1 Å². The van der Waals surface area contributed by atoms with E-state index in [4.69, 9.17) is 4.74 Å². The van der Waals surface area contributed by atoms with Gasteiger partial charge in [-0.2, -0.15) is 0 Å². The molecule has 1 N–H and O–H groups in total. The first kappa shape index (κ1) is 29.9. The van der Waals surface area contributed by atoms with Crippen molar-refractivity contribution in [1.29, 1.82) is 0 Å². The second kappa shape index (κ2) is 13.3. The number of nitrogens with zero attached hydrogens (tertiary/aromatic N) is 3. The largest absolute Gasteiger partial charge is 0.383 e. The van der Waals surface area contributed by atoms with Crippen molar-refractivity contribution in [2.24, 2.45) is 0 Å². The Kier molecular flexibility index (Phi) is 9.23. The molecule has 2 aliphatic heterocycles. The van der Waals surface area contributed by atoms with Gasteiger partial charge in [0.2, 0.25) is 0 Å². The molecular weight excluding hydrogens is 566 g/mol. The molecule has 2 aromatic carbocycles. The van der Waals surface area contributed by atoms with Crippen molar-refractivity contribution in [1.82, 2.24) is 15.3 Å². The second-order valence-corrected chi connectivity index (χ2v) is 12.7. The zero-order chi connectivity index (χ0) is 29.9. The number of carbonyl (C=O) groups excluding carboxylic acids is 1. The summed E-state index contributed by atoms with van der Waals surface area (Å²) < 4.78 is 35.5. The number of ether oxygens (including phenoxy) is 1. The van der Waals surface area contributed by atoms with E-state index >= 15 is 8.78 Å². The van der Waals surface area contributed by atoms with Gasteiger partial charge >= 0.3 is 6.03 Å². The highest BCUT2D eigenvalue weighted by Crippen LogP contribution is 2.53. The maximum atomic E-state index is 15.1. The number of benzene rings is 2. The third kappa shape index (κ3) is 6.00. The number of rotatable bonds is 9. The molecule has 3 heterocycles. The number of fused-ring (bicyclic) bond motifs is 1. The summed E-state index contributed by atoms with van der Waals surface area (Å²) in [7, 11) is 1.69. The van der Waals surface area contributed by atoms with Gasteiger partial charge in [0.15, 0.2) is 0 Å². The highest BCUT2D eigenvalue weighted by Gasteiger charge is 2.43. The summed E-state index contributed by atoms with van der Waals surface area (Å²) in [6.07, 6.45) is 7.25. The number of urea groups is 1. The maximum Gasteiger partial charge on any atom is 0.344 e. The van der Waals surface area contributed by atoms with E-state index in [1.807, 2.05) is 5.01 Å². The molecule has 0 radical (unpaired) electrons. The first-order chi connectivity index (χ1) is 21.0. The summed E-state index contributed by atoms with van der Waals surface area (Å²) in [6, 6.07) is 12.1. The lowest BCUT2D eigenvalue weighted by Crippen LogP contribution is -2.54. The fraction of sp³-hybridized carbons (Fsp3) is 0.441. The van der Waals surface area contributed by atoms with Crippen molar-refractivity contribution < 1.29 is 18.3 Å². The summed E-state index contributed by atoms with van der Waals surface area (Å²) in [4.78, 5) is 17.4. The molecule has 1 saturated heterocycles. The number of carbonyl (C=O) groups is 1. The van der Waals surface area contributed by atoms with E-state index in [1.165, 1.54) is 29.3 Å². The lowest BCUT2D eigenvalue weighted by molar-refractivity contribution is 0.0679. The van der Waals surface area contributed by atoms with Crippen molar-refractivity contribution in [2.75, 3.05) is 38.3 Å². The zero-order valence-electron chi connectivity index (χ0n) is 25.1. The number of allylic oxidation sites excluding steroid dienone is 1. The van der Waals surface area contributed by atoms with E-state index < -0.39 is 11.6 Å². The van der Waals surface area contributed by atoms with Gasteiger partial charge in [-0.05, 0) is 67.9 Å². The Morgan fingerprint density at radius 3 is 2.26 bits per heavy atom. The van der Waals surface area contributed by atoms with Crippen molar-refractivity contribution in [3.63, 3.8) is 0 Å². The highest BCUT2D eigenvalue weighted by atomic mass is 32.1. The van der Waals surface area contributed by atoms with Gasteiger partial charge in [0.25, 0.3) is 0 Å². The Hall–Kier alpha value is -3.11. The Labute approximate surface area is 256 Å². The number of thiophene rings is 1. The van der Waals surface area contributed by atoms with Crippen LogP contribution in [-0.2, 0) is 17.8 Å². The smallest absolute Gasteiger partial charge is 0.344 e. The van der Waals surface area contributed by atoms with E-state index in [0.717, 1.165) is 90.3 Å². The van der Waals surface area contributed by atoms with E-state index in [-0.39, 0.29) is 18.1 Å². The molecule has 1 aromatic heterocycles. The fourth-order valence-corrected chi connectivity index (χ4v) is 7.52. The van der Waals surface area contributed by atoms with Crippen LogP contribution in [0.4, 0.5) is 18.6 Å². The van der Waals surface area contributed by atoms with Gasteiger partial charge in [-0.3, -0.25) is 4.90 Å². The molecule has 0 atom stereocenters. The normalized spacial score (nSPS) is 17.7. The number of aryl methyl sites for hydroxylation is 1. The molecule has 0 bridgehead atoms. The summed E-state index contributed by atoms with van der Waals surface area (Å²) in [5.41, 5.74) is 6.53. The number of hydrogen-bond donors (Lipinski definition) is 1.